The minimum atomic E-state index is 0.390. The first-order chi connectivity index (χ1) is 9.88. The van der Waals surface area contributed by atoms with Crippen molar-refractivity contribution in [1.29, 1.82) is 0 Å². The van der Waals surface area contributed by atoms with Crippen molar-refractivity contribution in [2.24, 2.45) is 11.3 Å². The maximum Gasteiger partial charge on any atom is 0.170 e. The zero-order valence-corrected chi connectivity index (χ0v) is 14.2. The monoisotopic (exact) mass is 306 g/mol. The lowest BCUT2D eigenvalue weighted by Crippen LogP contribution is -2.44. The standard InChI is InChI=1S/C17H26N2OS/c1-12-8-14(11-17(2,3)10-12)19-16(21)18-13-6-5-7-15(9-13)20-4/h5-7,9,12,14H,8,10-11H2,1-4H3,(H2,18,19,21)/t12-,14+/m1/s1. The minimum absolute atomic E-state index is 0.390. The fraction of sp³-hybridized carbons (Fsp3) is 0.588. The van der Waals surface area contributed by atoms with E-state index in [2.05, 4.69) is 31.4 Å². The van der Waals surface area contributed by atoms with Crippen LogP contribution in [-0.4, -0.2) is 18.3 Å². The molecule has 1 aromatic carbocycles. The Bertz CT molecular complexity index is 501. The number of methoxy groups -OCH3 is 1. The molecule has 1 aromatic rings. The van der Waals surface area contributed by atoms with Gasteiger partial charge in [0.1, 0.15) is 5.75 Å². The van der Waals surface area contributed by atoms with Gasteiger partial charge in [-0.05, 0) is 54.9 Å². The summed E-state index contributed by atoms with van der Waals surface area (Å²) in [7, 11) is 1.67. The van der Waals surface area contributed by atoms with Crippen molar-refractivity contribution in [3.05, 3.63) is 24.3 Å². The number of thiocarbonyl (C=S) groups is 1. The number of rotatable bonds is 3. The van der Waals surface area contributed by atoms with E-state index < -0.39 is 0 Å². The van der Waals surface area contributed by atoms with Crippen molar-refractivity contribution in [3.63, 3.8) is 0 Å². The molecule has 0 saturated heterocycles. The van der Waals surface area contributed by atoms with Gasteiger partial charge in [0.05, 0.1) is 7.11 Å². The lowest BCUT2D eigenvalue weighted by molar-refractivity contribution is 0.162. The van der Waals surface area contributed by atoms with Crippen molar-refractivity contribution in [2.75, 3.05) is 12.4 Å². The Morgan fingerprint density at radius 2 is 2.10 bits per heavy atom. The van der Waals surface area contributed by atoms with Crippen LogP contribution in [0.25, 0.3) is 0 Å². The molecule has 1 saturated carbocycles. The molecule has 0 radical (unpaired) electrons. The highest BCUT2D eigenvalue weighted by Crippen LogP contribution is 2.38. The van der Waals surface area contributed by atoms with Crippen molar-refractivity contribution >= 4 is 23.0 Å². The smallest absolute Gasteiger partial charge is 0.170 e. The topological polar surface area (TPSA) is 33.3 Å². The van der Waals surface area contributed by atoms with E-state index in [9.17, 15) is 0 Å². The molecule has 1 aliphatic rings. The van der Waals surface area contributed by atoms with E-state index in [-0.39, 0.29) is 0 Å². The Hall–Kier alpha value is -1.29. The Morgan fingerprint density at radius 3 is 2.76 bits per heavy atom. The molecule has 116 valence electrons. The van der Waals surface area contributed by atoms with Crippen molar-refractivity contribution in [1.82, 2.24) is 5.32 Å². The first-order valence-electron chi connectivity index (χ1n) is 7.59. The maximum atomic E-state index is 5.45. The second-order valence-electron chi connectivity index (χ2n) is 6.94. The SMILES string of the molecule is COc1cccc(NC(=S)N[C@H]2C[C@@H](C)CC(C)(C)C2)c1. The predicted octanol–water partition coefficient (Wildman–Crippen LogP) is 4.20. The molecule has 0 unspecified atom stereocenters. The Labute approximate surface area is 133 Å². The van der Waals surface area contributed by atoms with Gasteiger partial charge >= 0.3 is 0 Å². The third-order valence-electron chi connectivity index (χ3n) is 4.05. The van der Waals surface area contributed by atoms with Crippen LogP contribution in [-0.2, 0) is 0 Å². The normalized spacial score (nSPS) is 24.2. The molecule has 0 aliphatic heterocycles. The second kappa shape index (κ2) is 6.65. The van der Waals surface area contributed by atoms with E-state index in [0.717, 1.165) is 23.8 Å². The van der Waals surface area contributed by atoms with Crippen LogP contribution in [0, 0.1) is 11.3 Å². The number of benzene rings is 1. The van der Waals surface area contributed by atoms with Crippen LogP contribution in [0.2, 0.25) is 0 Å². The first-order valence-corrected chi connectivity index (χ1v) is 8.00. The van der Waals surface area contributed by atoms with Gasteiger partial charge in [-0.25, -0.2) is 0 Å². The van der Waals surface area contributed by atoms with Crippen LogP contribution in [0.3, 0.4) is 0 Å². The molecule has 2 atom stereocenters. The molecule has 1 fully saturated rings. The van der Waals surface area contributed by atoms with Crippen LogP contribution < -0.4 is 15.4 Å². The average molecular weight is 306 g/mol. The summed E-state index contributed by atoms with van der Waals surface area (Å²) in [4.78, 5) is 0. The van der Waals surface area contributed by atoms with Gasteiger partial charge in [-0.2, -0.15) is 0 Å². The first kappa shape index (κ1) is 16.1. The van der Waals surface area contributed by atoms with E-state index in [1.54, 1.807) is 7.11 Å². The van der Waals surface area contributed by atoms with Crippen LogP contribution in [0.4, 0.5) is 5.69 Å². The van der Waals surface area contributed by atoms with E-state index >= 15 is 0 Å². The molecule has 4 heteroatoms. The van der Waals surface area contributed by atoms with Crippen molar-refractivity contribution in [2.45, 2.75) is 46.1 Å². The van der Waals surface area contributed by atoms with Gasteiger partial charge in [0, 0.05) is 17.8 Å². The van der Waals surface area contributed by atoms with E-state index in [0.29, 0.717) is 16.6 Å². The molecular formula is C17H26N2OS. The number of nitrogens with one attached hydrogen (secondary N) is 2. The Balaban J connectivity index is 1.92. The summed E-state index contributed by atoms with van der Waals surface area (Å²) in [5, 5.41) is 7.41. The fourth-order valence-corrected chi connectivity index (χ4v) is 3.79. The molecule has 2 N–H and O–H groups in total. The van der Waals surface area contributed by atoms with Crippen LogP contribution in [0.15, 0.2) is 24.3 Å². The van der Waals surface area contributed by atoms with Crippen molar-refractivity contribution in [3.8, 4) is 5.75 Å². The Morgan fingerprint density at radius 1 is 1.33 bits per heavy atom. The zero-order valence-electron chi connectivity index (χ0n) is 13.4. The van der Waals surface area contributed by atoms with Gasteiger partial charge < -0.3 is 15.4 Å². The van der Waals surface area contributed by atoms with Gasteiger partial charge in [-0.15, -0.1) is 0 Å². The minimum Gasteiger partial charge on any atom is -0.497 e. The molecule has 0 spiro atoms. The largest absolute Gasteiger partial charge is 0.497 e. The molecule has 3 nitrogen and oxygen atoms in total. The summed E-state index contributed by atoms with van der Waals surface area (Å²) in [6.45, 7) is 7.01. The van der Waals surface area contributed by atoms with E-state index in [4.69, 9.17) is 17.0 Å². The highest BCUT2D eigenvalue weighted by Gasteiger charge is 2.32. The summed E-state index contributed by atoms with van der Waals surface area (Å²) in [5.41, 5.74) is 1.34. The van der Waals surface area contributed by atoms with Crippen LogP contribution in [0.5, 0.6) is 5.75 Å². The van der Waals surface area contributed by atoms with Crippen LogP contribution in [0.1, 0.15) is 40.0 Å². The van der Waals surface area contributed by atoms with Gasteiger partial charge in [-0.3, -0.25) is 0 Å². The van der Waals surface area contributed by atoms with Gasteiger partial charge in [0.15, 0.2) is 5.11 Å². The van der Waals surface area contributed by atoms with Gasteiger partial charge in [0.2, 0.25) is 0 Å². The maximum absolute atomic E-state index is 5.45. The van der Waals surface area contributed by atoms with Gasteiger partial charge in [-0.1, -0.05) is 26.8 Å². The molecule has 0 aromatic heterocycles. The summed E-state index contributed by atoms with van der Waals surface area (Å²) in [6.07, 6.45) is 3.64. The fourth-order valence-electron chi connectivity index (χ4n) is 3.51. The summed E-state index contributed by atoms with van der Waals surface area (Å²) < 4.78 is 5.22. The zero-order chi connectivity index (χ0) is 15.5. The summed E-state index contributed by atoms with van der Waals surface area (Å²) in [6, 6.07) is 8.27. The third-order valence-corrected chi connectivity index (χ3v) is 4.27. The molecule has 0 amide bonds. The number of ether oxygens (including phenoxy) is 1. The highest BCUT2D eigenvalue weighted by atomic mass is 32.1. The molecule has 0 heterocycles. The number of hydrogen-bond acceptors (Lipinski definition) is 2. The average Bonchev–Trinajstić information content (AvgIpc) is 2.36. The van der Waals surface area contributed by atoms with E-state index in [1.807, 2.05) is 24.3 Å². The lowest BCUT2D eigenvalue weighted by Gasteiger charge is -2.39. The lowest BCUT2D eigenvalue weighted by atomic mass is 9.71. The molecule has 0 bridgehead atoms. The predicted molar refractivity (Wildman–Crippen MR) is 92.9 cm³/mol. The third kappa shape index (κ3) is 4.88. The number of anilines is 1. The number of hydrogen-bond donors (Lipinski definition) is 2. The molecular weight excluding hydrogens is 280 g/mol. The molecule has 21 heavy (non-hydrogen) atoms. The van der Waals surface area contributed by atoms with Gasteiger partial charge in [0.25, 0.3) is 0 Å². The highest BCUT2D eigenvalue weighted by molar-refractivity contribution is 7.80. The molecule has 2 rings (SSSR count). The Kier molecular flexibility index (Phi) is 5.09. The summed E-state index contributed by atoms with van der Waals surface area (Å²) in [5.74, 6) is 1.57. The summed E-state index contributed by atoms with van der Waals surface area (Å²) >= 11 is 5.45. The van der Waals surface area contributed by atoms with Crippen LogP contribution >= 0.6 is 12.2 Å². The quantitative estimate of drug-likeness (QED) is 0.820. The molecule has 1 aliphatic carbocycles. The van der Waals surface area contributed by atoms with Crippen molar-refractivity contribution < 1.29 is 4.74 Å². The second-order valence-corrected chi connectivity index (χ2v) is 7.35. The van der Waals surface area contributed by atoms with E-state index in [1.165, 1.54) is 12.8 Å².